The first kappa shape index (κ1) is 11.7. The molecular weight excluding hydrogens is 190 g/mol. The molecule has 2 heteroatoms. The summed E-state index contributed by atoms with van der Waals surface area (Å²) in [6.45, 7) is 9.07. The minimum absolute atomic E-state index is 0.379. The fourth-order valence-electron chi connectivity index (χ4n) is 1.68. The van der Waals surface area contributed by atoms with Crippen LogP contribution in [0, 0.1) is 12.3 Å². The maximum Gasteiger partial charge on any atom is 0.0420 e. The van der Waals surface area contributed by atoms with Gasteiger partial charge in [-0.1, -0.05) is 20.8 Å². The molecule has 80 valence electrons. The molecule has 0 radical (unpaired) electrons. The third kappa shape index (κ3) is 3.10. The van der Waals surface area contributed by atoms with E-state index in [9.17, 15) is 0 Å². The van der Waals surface area contributed by atoms with E-state index < -0.39 is 0 Å². The quantitative estimate of drug-likeness (QED) is 0.803. The van der Waals surface area contributed by atoms with Gasteiger partial charge in [-0.05, 0) is 42.8 Å². The Kier molecular flexibility index (Phi) is 3.73. The van der Waals surface area contributed by atoms with Gasteiger partial charge in [-0.25, -0.2) is 0 Å². The van der Waals surface area contributed by atoms with Crippen LogP contribution in [0.1, 0.15) is 43.7 Å². The summed E-state index contributed by atoms with van der Waals surface area (Å²) in [4.78, 5) is 1.49. The minimum atomic E-state index is 0.379. The number of nitrogens with one attached hydrogen (secondary N) is 1. The van der Waals surface area contributed by atoms with E-state index in [-0.39, 0.29) is 0 Å². The van der Waals surface area contributed by atoms with Crippen molar-refractivity contribution in [1.82, 2.24) is 5.32 Å². The summed E-state index contributed by atoms with van der Waals surface area (Å²) in [6.07, 6.45) is 1.19. The van der Waals surface area contributed by atoms with Gasteiger partial charge in [0.1, 0.15) is 0 Å². The Morgan fingerprint density at radius 2 is 2.07 bits per heavy atom. The monoisotopic (exact) mass is 211 g/mol. The molecule has 1 aromatic heterocycles. The first-order valence-electron chi connectivity index (χ1n) is 5.15. The molecule has 1 unspecified atom stereocenters. The molecular formula is C12H21NS. The fraction of sp³-hybridized carbons (Fsp3) is 0.667. The van der Waals surface area contributed by atoms with Gasteiger partial charge in [0.15, 0.2) is 0 Å². The predicted octanol–water partition coefficient (Wildman–Crippen LogP) is 3.75. The lowest BCUT2D eigenvalue weighted by molar-refractivity contribution is 0.323. The second kappa shape index (κ2) is 4.45. The average Bonchev–Trinajstić information content (AvgIpc) is 2.45. The van der Waals surface area contributed by atoms with Crippen LogP contribution in [-0.4, -0.2) is 7.05 Å². The van der Waals surface area contributed by atoms with Gasteiger partial charge in [0.25, 0.3) is 0 Å². The molecule has 0 aliphatic rings. The number of aryl methyl sites for hydroxylation is 1. The van der Waals surface area contributed by atoms with Gasteiger partial charge in [0.05, 0.1) is 0 Å². The molecule has 0 bridgehead atoms. The summed E-state index contributed by atoms with van der Waals surface area (Å²) in [5.74, 6) is 0. The second-order valence-corrected chi connectivity index (χ2v) is 6.02. The predicted molar refractivity (Wildman–Crippen MR) is 64.9 cm³/mol. The average molecular weight is 211 g/mol. The van der Waals surface area contributed by atoms with Crippen LogP contribution in [0.2, 0.25) is 0 Å². The van der Waals surface area contributed by atoms with E-state index in [4.69, 9.17) is 0 Å². The zero-order valence-electron chi connectivity index (χ0n) is 9.85. The van der Waals surface area contributed by atoms with E-state index in [2.05, 4.69) is 51.5 Å². The molecule has 1 rings (SSSR count). The molecule has 0 saturated heterocycles. The highest BCUT2D eigenvalue weighted by Gasteiger charge is 2.20. The van der Waals surface area contributed by atoms with E-state index in [1.54, 1.807) is 0 Å². The molecule has 0 fully saturated rings. The zero-order valence-corrected chi connectivity index (χ0v) is 10.7. The van der Waals surface area contributed by atoms with E-state index >= 15 is 0 Å². The Hall–Kier alpha value is -0.340. The van der Waals surface area contributed by atoms with Crippen molar-refractivity contribution in [2.75, 3.05) is 7.05 Å². The lowest BCUT2D eigenvalue weighted by Crippen LogP contribution is -2.22. The Bertz CT molecular complexity index is 283. The molecule has 14 heavy (non-hydrogen) atoms. The van der Waals surface area contributed by atoms with Crippen LogP contribution in [0.5, 0.6) is 0 Å². The number of hydrogen-bond donors (Lipinski definition) is 1. The van der Waals surface area contributed by atoms with Crippen molar-refractivity contribution in [3.8, 4) is 0 Å². The first-order valence-corrected chi connectivity index (χ1v) is 6.03. The van der Waals surface area contributed by atoms with Crippen LogP contribution in [0.3, 0.4) is 0 Å². The maximum absolute atomic E-state index is 3.41. The molecule has 0 aliphatic carbocycles. The summed E-state index contributed by atoms with van der Waals surface area (Å²) in [6, 6.07) is 2.71. The smallest absolute Gasteiger partial charge is 0.0420 e. The van der Waals surface area contributed by atoms with Gasteiger partial charge in [-0.15, -0.1) is 11.3 Å². The molecule has 0 spiro atoms. The van der Waals surface area contributed by atoms with Gasteiger partial charge in [-0.3, -0.25) is 0 Å². The van der Waals surface area contributed by atoms with Crippen molar-refractivity contribution in [2.24, 2.45) is 5.41 Å². The fourth-order valence-corrected chi connectivity index (χ4v) is 2.72. The van der Waals surface area contributed by atoms with Crippen LogP contribution in [0.4, 0.5) is 0 Å². The van der Waals surface area contributed by atoms with Crippen molar-refractivity contribution >= 4 is 11.3 Å². The lowest BCUT2D eigenvalue weighted by Gasteiger charge is -2.25. The highest BCUT2D eigenvalue weighted by molar-refractivity contribution is 7.10. The highest BCUT2D eigenvalue weighted by atomic mass is 32.1. The van der Waals surface area contributed by atoms with Crippen molar-refractivity contribution in [3.63, 3.8) is 0 Å². The largest absolute Gasteiger partial charge is 0.312 e. The van der Waals surface area contributed by atoms with Crippen molar-refractivity contribution in [1.29, 1.82) is 0 Å². The van der Waals surface area contributed by atoms with Gasteiger partial charge in [-0.2, -0.15) is 0 Å². The number of hydrogen-bond acceptors (Lipinski definition) is 2. The Balaban J connectivity index is 2.78. The molecule has 1 N–H and O–H groups in total. The van der Waals surface area contributed by atoms with Crippen molar-refractivity contribution in [3.05, 3.63) is 21.9 Å². The van der Waals surface area contributed by atoms with Crippen molar-refractivity contribution in [2.45, 2.75) is 40.2 Å². The molecule has 1 heterocycles. The molecule has 1 nitrogen and oxygen atoms in total. The zero-order chi connectivity index (χ0) is 10.8. The third-order valence-corrected chi connectivity index (χ3v) is 3.52. The van der Waals surface area contributed by atoms with Gasteiger partial charge < -0.3 is 5.32 Å². The Morgan fingerprint density at radius 3 is 2.43 bits per heavy atom. The molecule has 1 aromatic rings. The van der Waals surface area contributed by atoms with Crippen LogP contribution >= 0.6 is 11.3 Å². The minimum Gasteiger partial charge on any atom is -0.312 e. The highest BCUT2D eigenvalue weighted by Crippen LogP contribution is 2.33. The standard InChI is InChI=1S/C12H21NS/c1-9-6-7-14-11(9)10(13-5)8-12(2,3)4/h6-7,10,13H,8H2,1-5H3. The Labute approximate surface area is 91.5 Å². The van der Waals surface area contributed by atoms with Crippen molar-refractivity contribution < 1.29 is 0 Å². The van der Waals surface area contributed by atoms with Crippen LogP contribution in [0.15, 0.2) is 11.4 Å². The molecule has 0 amide bonds. The van der Waals surface area contributed by atoms with Gasteiger partial charge in [0.2, 0.25) is 0 Å². The molecule has 1 atom stereocenters. The van der Waals surface area contributed by atoms with Crippen LogP contribution in [-0.2, 0) is 0 Å². The summed E-state index contributed by atoms with van der Waals surface area (Å²) < 4.78 is 0. The Morgan fingerprint density at radius 1 is 1.43 bits per heavy atom. The number of thiophene rings is 1. The normalized spacial score (nSPS) is 14.4. The first-order chi connectivity index (χ1) is 6.44. The van der Waals surface area contributed by atoms with E-state index in [1.165, 1.54) is 16.9 Å². The van der Waals surface area contributed by atoms with E-state index in [0.717, 1.165) is 0 Å². The molecule has 0 aliphatic heterocycles. The molecule has 0 saturated carbocycles. The van der Waals surface area contributed by atoms with Crippen LogP contribution < -0.4 is 5.32 Å². The van der Waals surface area contributed by atoms with Crippen LogP contribution in [0.25, 0.3) is 0 Å². The van der Waals surface area contributed by atoms with Gasteiger partial charge >= 0.3 is 0 Å². The van der Waals surface area contributed by atoms with E-state index in [1.807, 2.05) is 11.3 Å². The molecule has 0 aromatic carbocycles. The van der Waals surface area contributed by atoms with E-state index in [0.29, 0.717) is 11.5 Å². The summed E-state index contributed by atoms with van der Waals surface area (Å²) in [7, 11) is 2.05. The maximum atomic E-state index is 3.41. The summed E-state index contributed by atoms with van der Waals surface area (Å²) in [5, 5.41) is 5.59. The summed E-state index contributed by atoms with van der Waals surface area (Å²) in [5.41, 5.74) is 1.79. The number of rotatable bonds is 3. The van der Waals surface area contributed by atoms with Gasteiger partial charge in [0, 0.05) is 10.9 Å². The second-order valence-electron chi connectivity index (χ2n) is 5.07. The topological polar surface area (TPSA) is 12.0 Å². The summed E-state index contributed by atoms with van der Waals surface area (Å²) >= 11 is 1.86. The lowest BCUT2D eigenvalue weighted by atomic mass is 9.87. The third-order valence-electron chi connectivity index (χ3n) is 2.38. The SMILES string of the molecule is CNC(CC(C)(C)C)c1sccc1C.